The summed E-state index contributed by atoms with van der Waals surface area (Å²) in [5.74, 6) is -1.68. The molecule has 0 aliphatic carbocycles. The summed E-state index contributed by atoms with van der Waals surface area (Å²) in [6.45, 7) is 1.80. The molecule has 0 aliphatic heterocycles. The fourth-order valence-corrected chi connectivity index (χ4v) is 2.11. The van der Waals surface area contributed by atoms with Gasteiger partial charge in [0.1, 0.15) is 0 Å². The molecule has 0 atom stereocenters. The quantitative estimate of drug-likeness (QED) is 0.475. The summed E-state index contributed by atoms with van der Waals surface area (Å²) in [5.41, 5.74) is 4.25. The molecule has 0 aromatic heterocycles. The molecule has 0 radical (unpaired) electrons. The van der Waals surface area contributed by atoms with Crippen molar-refractivity contribution in [2.24, 2.45) is 5.10 Å². The van der Waals surface area contributed by atoms with E-state index in [-0.39, 0.29) is 0 Å². The van der Waals surface area contributed by atoms with Crippen molar-refractivity contribution in [3.05, 3.63) is 63.1 Å². The largest absolute Gasteiger partial charge is 0.329 e. The fraction of sp³-hybridized carbons (Fsp3) is 0.0625. The van der Waals surface area contributed by atoms with Crippen LogP contribution < -0.4 is 10.7 Å². The van der Waals surface area contributed by atoms with Gasteiger partial charge in [-0.05, 0) is 42.3 Å². The molecular weight excluding hydrogens is 382 g/mol. The lowest BCUT2D eigenvalue weighted by Crippen LogP contribution is -2.32. The SMILES string of the molecule is Cc1ccc(Cl)cc1NC(=O)C(=O)N/N=C/c1ccc(Br)cc1. The molecule has 0 heterocycles. The van der Waals surface area contributed by atoms with Crippen molar-refractivity contribution >= 4 is 51.2 Å². The van der Waals surface area contributed by atoms with Crippen LogP contribution in [0.1, 0.15) is 11.1 Å². The van der Waals surface area contributed by atoms with E-state index in [1.165, 1.54) is 6.21 Å². The Morgan fingerprint density at radius 2 is 1.83 bits per heavy atom. The lowest BCUT2D eigenvalue weighted by Gasteiger charge is -2.07. The molecule has 7 heteroatoms. The number of benzene rings is 2. The van der Waals surface area contributed by atoms with E-state index in [0.29, 0.717) is 10.7 Å². The summed E-state index contributed by atoms with van der Waals surface area (Å²) in [7, 11) is 0. The van der Waals surface area contributed by atoms with Crippen molar-refractivity contribution in [3.63, 3.8) is 0 Å². The number of halogens is 2. The molecule has 0 spiro atoms. The minimum atomic E-state index is -0.863. The van der Waals surface area contributed by atoms with Crippen LogP contribution >= 0.6 is 27.5 Å². The Kier molecular flexibility index (Phi) is 5.90. The van der Waals surface area contributed by atoms with Crippen LogP contribution in [0.15, 0.2) is 52.0 Å². The van der Waals surface area contributed by atoms with Crippen LogP contribution in [0.25, 0.3) is 0 Å². The Hall–Kier alpha value is -2.18. The summed E-state index contributed by atoms with van der Waals surface area (Å²) < 4.78 is 0.940. The van der Waals surface area contributed by atoms with Crippen molar-refractivity contribution in [2.45, 2.75) is 6.92 Å². The predicted octanol–water partition coefficient (Wildman–Crippen LogP) is 3.50. The van der Waals surface area contributed by atoms with Crippen molar-refractivity contribution in [1.29, 1.82) is 0 Å². The van der Waals surface area contributed by atoms with Gasteiger partial charge in [-0.15, -0.1) is 0 Å². The molecule has 0 fully saturated rings. The molecule has 2 aromatic carbocycles. The molecule has 23 heavy (non-hydrogen) atoms. The van der Waals surface area contributed by atoms with Crippen LogP contribution in [0.4, 0.5) is 5.69 Å². The summed E-state index contributed by atoms with van der Waals surface area (Å²) in [4.78, 5) is 23.5. The Morgan fingerprint density at radius 3 is 2.52 bits per heavy atom. The van der Waals surface area contributed by atoms with E-state index >= 15 is 0 Å². The average Bonchev–Trinajstić information content (AvgIpc) is 2.52. The van der Waals surface area contributed by atoms with Crippen LogP contribution in [-0.2, 0) is 9.59 Å². The first kappa shape index (κ1) is 17.2. The van der Waals surface area contributed by atoms with Crippen molar-refractivity contribution in [2.75, 3.05) is 5.32 Å². The predicted molar refractivity (Wildman–Crippen MR) is 94.7 cm³/mol. The monoisotopic (exact) mass is 393 g/mol. The second-order valence-corrected chi connectivity index (χ2v) is 6.02. The van der Waals surface area contributed by atoms with Gasteiger partial charge in [-0.3, -0.25) is 9.59 Å². The molecule has 2 rings (SSSR count). The molecule has 2 N–H and O–H groups in total. The van der Waals surface area contributed by atoms with Gasteiger partial charge in [0, 0.05) is 15.2 Å². The second-order valence-electron chi connectivity index (χ2n) is 4.66. The maximum Gasteiger partial charge on any atom is 0.329 e. The van der Waals surface area contributed by atoms with Crippen molar-refractivity contribution in [3.8, 4) is 0 Å². The molecule has 0 aliphatic rings. The zero-order valence-corrected chi connectivity index (χ0v) is 14.5. The molecule has 118 valence electrons. The van der Waals surface area contributed by atoms with Crippen LogP contribution in [-0.4, -0.2) is 18.0 Å². The highest BCUT2D eigenvalue weighted by Gasteiger charge is 2.14. The number of anilines is 1. The van der Waals surface area contributed by atoms with Crippen LogP contribution in [0.3, 0.4) is 0 Å². The third-order valence-electron chi connectivity index (χ3n) is 2.90. The average molecular weight is 395 g/mol. The topological polar surface area (TPSA) is 70.6 Å². The normalized spacial score (nSPS) is 10.6. The number of nitrogens with zero attached hydrogens (tertiary/aromatic N) is 1. The first-order valence-corrected chi connectivity index (χ1v) is 7.79. The smallest absolute Gasteiger partial charge is 0.317 e. The maximum absolute atomic E-state index is 11.8. The Morgan fingerprint density at radius 1 is 1.13 bits per heavy atom. The highest BCUT2D eigenvalue weighted by Crippen LogP contribution is 2.19. The molecule has 0 saturated carbocycles. The number of amides is 2. The zero-order valence-electron chi connectivity index (χ0n) is 12.1. The minimum Gasteiger partial charge on any atom is -0.317 e. The van der Waals surface area contributed by atoms with Gasteiger partial charge in [0.25, 0.3) is 0 Å². The highest BCUT2D eigenvalue weighted by atomic mass is 79.9. The number of hydrogen-bond donors (Lipinski definition) is 2. The van der Waals surface area contributed by atoms with Crippen molar-refractivity contribution in [1.82, 2.24) is 5.43 Å². The number of nitrogens with one attached hydrogen (secondary N) is 2. The van der Waals surface area contributed by atoms with Gasteiger partial charge in [-0.1, -0.05) is 45.7 Å². The van der Waals surface area contributed by atoms with Gasteiger partial charge in [0.05, 0.1) is 6.21 Å². The molecule has 0 bridgehead atoms. The van der Waals surface area contributed by atoms with E-state index in [1.54, 1.807) is 25.1 Å². The summed E-state index contributed by atoms with van der Waals surface area (Å²) >= 11 is 9.19. The van der Waals surface area contributed by atoms with E-state index < -0.39 is 11.8 Å². The maximum atomic E-state index is 11.8. The molecule has 0 unspecified atom stereocenters. The molecule has 0 saturated heterocycles. The first-order chi connectivity index (χ1) is 11.0. The van der Waals surface area contributed by atoms with Gasteiger partial charge in [-0.25, -0.2) is 5.43 Å². The first-order valence-electron chi connectivity index (χ1n) is 6.62. The van der Waals surface area contributed by atoms with Gasteiger partial charge in [0.15, 0.2) is 0 Å². The van der Waals surface area contributed by atoms with Crippen LogP contribution in [0.2, 0.25) is 5.02 Å². The summed E-state index contributed by atoms with van der Waals surface area (Å²) in [5, 5.41) is 6.71. The number of carbonyl (C=O) groups is 2. The van der Waals surface area contributed by atoms with Crippen LogP contribution in [0, 0.1) is 6.92 Å². The number of rotatable bonds is 3. The molecule has 2 aromatic rings. The summed E-state index contributed by atoms with van der Waals surface area (Å²) in [6, 6.07) is 12.4. The number of hydrazone groups is 1. The lowest BCUT2D eigenvalue weighted by molar-refractivity contribution is -0.136. The Bertz CT molecular complexity index is 760. The lowest BCUT2D eigenvalue weighted by atomic mass is 10.2. The van der Waals surface area contributed by atoms with E-state index in [0.717, 1.165) is 15.6 Å². The third kappa shape index (κ3) is 5.19. The second kappa shape index (κ2) is 7.89. The summed E-state index contributed by atoms with van der Waals surface area (Å²) in [6.07, 6.45) is 1.45. The molecular formula is C16H13BrClN3O2. The van der Waals surface area contributed by atoms with Gasteiger partial charge >= 0.3 is 11.8 Å². The zero-order chi connectivity index (χ0) is 16.8. The van der Waals surface area contributed by atoms with Crippen LogP contribution in [0.5, 0.6) is 0 Å². The fourth-order valence-electron chi connectivity index (χ4n) is 1.67. The van der Waals surface area contributed by atoms with E-state index in [9.17, 15) is 9.59 Å². The number of hydrogen-bond acceptors (Lipinski definition) is 3. The molecule has 5 nitrogen and oxygen atoms in total. The minimum absolute atomic E-state index is 0.472. The van der Waals surface area contributed by atoms with E-state index in [4.69, 9.17) is 11.6 Å². The number of aryl methyl sites for hydroxylation is 1. The van der Waals surface area contributed by atoms with Crippen molar-refractivity contribution < 1.29 is 9.59 Å². The Labute approximate surface area is 146 Å². The van der Waals surface area contributed by atoms with Gasteiger partial charge in [-0.2, -0.15) is 5.10 Å². The highest BCUT2D eigenvalue weighted by molar-refractivity contribution is 9.10. The third-order valence-corrected chi connectivity index (χ3v) is 3.67. The number of carbonyl (C=O) groups excluding carboxylic acids is 2. The molecule has 2 amide bonds. The van der Waals surface area contributed by atoms with E-state index in [2.05, 4.69) is 31.8 Å². The van der Waals surface area contributed by atoms with Gasteiger partial charge in [0.2, 0.25) is 0 Å². The Balaban J connectivity index is 1.93. The van der Waals surface area contributed by atoms with Gasteiger partial charge < -0.3 is 5.32 Å². The standard InChI is InChI=1S/C16H13BrClN3O2/c1-10-2-7-13(18)8-14(10)20-15(22)16(23)21-19-9-11-3-5-12(17)6-4-11/h2-9H,1H3,(H,20,22)(H,21,23)/b19-9+. The van der Waals surface area contributed by atoms with E-state index in [1.807, 2.05) is 24.3 Å².